The van der Waals surface area contributed by atoms with Crippen molar-refractivity contribution in [1.29, 1.82) is 0 Å². The number of hydrogen-bond donors (Lipinski definition) is 0. The zero-order valence-electron chi connectivity index (χ0n) is 32.4. The average Bonchev–Trinajstić information content (AvgIpc) is 3.05. The molecular formula is C43H77NO4. The second-order valence-corrected chi connectivity index (χ2v) is 14.6. The SMILES string of the molecule is C=C=C=C=CC(CCCCC)CCOC(=O)CCCCCCCC(CCCCCCCC(=O)OCCC(C)CCCCC)CCN(C)C. The van der Waals surface area contributed by atoms with Crippen LogP contribution in [0, 0.1) is 17.8 Å². The largest absolute Gasteiger partial charge is 0.466 e. The van der Waals surface area contributed by atoms with Crippen molar-refractivity contribution < 1.29 is 19.1 Å². The first kappa shape index (κ1) is 46.0. The Morgan fingerprint density at radius 3 is 1.69 bits per heavy atom. The number of nitrogens with zero attached hydrogens (tertiary/aromatic N) is 1. The number of ether oxygens (including phenoxy) is 2. The van der Waals surface area contributed by atoms with E-state index in [2.05, 4.69) is 63.5 Å². The fraction of sp³-hybridized carbons (Fsp3) is 0.837. The molecule has 0 aliphatic carbocycles. The summed E-state index contributed by atoms with van der Waals surface area (Å²) in [5.74, 6) is 1.73. The predicted octanol–water partition coefficient (Wildman–Crippen LogP) is 11.9. The van der Waals surface area contributed by atoms with Crippen LogP contribution in [-0.2, 0) is 19.1 Å². The van der Waals surface area contributed by atoms with Crippen LogP contribution in [0.25, 0.3) is 0 Å². The van der Waals surface area contributed by atoms with Crippen molar-refractivity contribution in [3.05, 3.63) is 29.8 Å². The molecule has 0 aromatic rings. The van der Waals surface area contributed by atoms with Gasteiger partial charge in [0.05, 0.1) is 13.2 Å². The van der Waals surface area contributed by atoms with Crippen LogP contribution in [0.2, 0.25) is 0 Å². The molecule has 0 aliphatic rings. The number of allylic oxidation sites excluding steroid dienone is 1. The fourth-order valence-electron chi connectivity index (χ4n) is 6.25. The number of carbonyl (C=O) groups is 2. The molecule has 278 valence electrons. The van der Waals surface area contributed by atoms with Gasteiger partial charge in [-0.2, -0.15) is 0 Å². The number of hydrogen-bond acceptors (Lipinski definition) is 5. The van der Waals surface area contributed by atoms with E-state index in [4.69, 9.17) is 9.47 Å². The summed E-state index contributed by atoms with van der Waals surface area (Å²) in [6.45, 7) is 12.5. The van der Waals surface area contributed by atoms with Crippen LogP contribution in [0.15, 0.2) is 29.8 Å². The van der Waals surface area contributed by atoms with Crippen LogP contribution in [0.1, 0.15) is 181 Å². The Hall–Kier alpha value is -2.02. The van der Waals surface area contributed by atoms with Gasteiger partial charge in [0.15, 0.2) is 0 Å². The maximum Gasteiger partial charge on any atom is 0.305 e. The van der Waals surface area contributed by atoms with E-state index >= 15 is 0 Å². The molecule has 0 fully saturated rings. The molecule has 0 N–H and O–H groups in total. The van der Waals surface area contributed by atoms with Crippen LogP contribution in [0.4, 0.5) is 0 Å². The quantitative estimate of drug-likeness (QED) is 0.0387. The monoisotopic (exact) mass is 672 g/mol. The first-order chi connectivity index (χ1) is 23.3. The minimum atomic E-state index is -0.0605. The van der Waals surface area contributed by atoms with Gasteiger partial charge in [0, 0.05) is 12.8 Å². The van der Waals surface area contributed by atoms with Crippen molar-refractivity contribution in [1.82, 2.24) is 4.90 Å². The molecule has 0 rings (SSSR count). The van der Waals surface area contributed by atoms with Crippen molar-refractivity contribution >= 4 is 11.9 Å². The number of carbonyl (C=O) groups excluding carboxylic acids is 2. The molecule has 48 heavy (non-hydrogen) atoms. The van der Waals surface area contributed by atoms with Crippen molar-refractivity contribution in [3.8, 4) is 0 Å². The zero-order chi connectivity index (χ0) is 35.5. The molecule has 0 aliphatic heterocycles. The van der Waals surface area contributed by atoms with Crippen LogP contribution in [-0.4, -0.2) is 50.7 Å². The molecule has 0 bridgehead atoms. The van der Waals surface area contributed by atoms with Crippen LogP contribution >= 0.6 is 0 Å². The summed E-state index contributed by atoms with van der Waals surface area (Å²) in [5.41, 5.74) is 8.39. The maximum absolute atomic E-state index is 12.3. The second kappa shape index (κ2) is 34.8. The van der Waals surface area contributed by atoms with Crippen molar-refractivity contribution in [3.63, 3.8) is 0 Å². The highest BCUT2D eigenvalue weighted by atomic mass is 16.5. The third-order valence-corrected chi connectivity index (χ3v) is 9.56. The van der Waals surface area contributed by atoms with Gasteiger partial charge in [0.25, 0.3) is 0 Å². The van der Waals surface area contributed by atoms with E-state index in [1.807, 2.05) is 6.08 Å². The van der Waals surface area contributed by atoms with E-state index < -0.39 is 0 Å². The predicted molar refractivity (Wildman–Crippen MR) is 204 cm³/mol. The Morgan fingerprint density at radius 2 is 1.15 bits per heavy atom. The van der Waals surface area contributed by atoms with E-state index in [0.29, 0.717) is 37.9 Å². The second-order valence-electron chi connectivity index (χ2n) is 14.6. The Labute approximate surface area is 298 Å². The van der Waals surface area contributed by atoms with Gasteiger partial charge in [-0.15, -0.1) is 0 Å². The average molecular weight is 672 g/mol. The van der Waals surface area contributed by atoms with Gasteiger partial charge in [-0.1, -0.05) is 141 Å². The molecule has 0 amide bonds. The molecule has 0 spiro atoms. The Kier molecular flexibility index (Phi) is 33.4. The van der Waals surface area contributed by atoms with E-state index in [0.717, 1.165) is 57.4 Å². The highest BCUT2D eigenvalue weighted by Crippen LogP contribution is 2.23. The molecule has 3 atom stereocenters. The topological polar surface area (TPSA) is 55.8 Å². The van der Waals surface area contributed by atoms with Gasteiger partial charge in [-0.05, 0) is 95.3 Å². The van der Waals surface area contributed by atoms with Crippen molar-refractivity contribution in [2.75, 3.05) is 33.9 Å². The number of esters is 2. The summed E-state index contributed by atoms with van der Waals surface area (Å²) in [5, 5.41) is 0. The first-order valence-corrected chi connectivity index (χ1v) is 20.1. The van der Waals surface area contributed by atoms with Crippen LogP contribution in [0.5, 0.6) is 0 Å². The molecule has 0 radical (unpaired) electrons. The van der Waals surface area contributed by atoms with Crippen molar-refractivity contribution in [2.24, 2.45) is 17.8 Å². The Bertz CT molecular complexity index is 879. The highest BCUT2D eigenvalue weighted by molar-refractivity contribution is 5.69. The summed E-state index contributed by atoms with van der Waals surface area (Å²) in [4.78, 5) is 26.6. The normalized spacial score (nSPS) is 12.9. The smallest absolute Gasteiger partial charge is 0.305 e. The van der Waals surface area contributed by atoms with E-state index in [9.17, 15) is 9.59 Å². The lowest BCUT2D eigenvalue weighted by Crippen LogP contribution is -2.17. The third-order valence-electron chi connectivity index (χ3n) is 9.56. The van der Waals surface area contributed by atoms with E-state index in [1.54, 1.807) is 0 Å². The van der Waals surface area contributed by atoms with Gasteiger partial charge < -0.3 is 14.4 Å². The zero-order valence-corrected chi connectivity index (χ0v) is 32.4. The van der Waals surface area contributed by atoms with Gasteiger partial charge in [-0.25, -0.2) is 0 Å². The lowest BCUT2D eigenvalue weighted by molar-refractivity contribution is -0.145. The molecule has 3 unspecified atom stereocenters. The van der Waals surface area contributed by atoms with Crippen molar-refractivity contribution in [2.45, 2.75) is 181 Å². The maximum atomic E-state index is 12.3. The molecule has 0 heterocycles. The molecule has 0 aromatic carbocycles. The lowest BCUT2D eigenvalue weighted by atomic mass is 9.91. The minimum Gasteiger partial charge on any atom is -0.466 e. The summed E-state index contributed by atoms with van der Waals surface area (Å²) < 4.78 is 11.0. The molecule has 0 saturated carbocycles. The van der Waals surface area contributed by atoms with E-state index in [-0.39, 0.29) is 11.9 Å². The van der Waals surface area contributed by atoms with Crippen LogP contribution < -0.4 is 0 Å². The highest BCUT2D eigenvalue weighted by Gasteiger charge is 2.11. The van der Waals surface area contributed by atoms with E-state index in [1.165, 1.54) is 103 Å². The summed E-state index contributed by atoms with van der Waals surface area (Å²) in [6.07, 6.45) is 30.2. The summed E-state index contributed by atoms with van der Waals surface area (Å²) in [7, 11) is 4.34. The fourth-order valence-corrected chi connectivity index (χ4v) is 6.25. The Balaban J connectivity index is 4.01. The number of rotatable bonds is 34. The Morgan fingerprint density at radius 1 is 0.646 bits per heavy atom. The van der Waals surface area contributed by atoms with Crippen LogP contribution in [0.3, 0.4) is 0 Å². The summed E-state index contributed by atoms with van der Waals surface area (Å²) >= 11 is 0. The van der Waals surface area contributed by atoms with Gasteiger partial charge >= 0.3 is 11.9 Å². The first-order valence-electron chi connectivity index (χ1n) is 20.1. The lowest BCUT2D eigenvalue weighted by Gasteiger charge is -2.19. The minimum absolute atomic E-state index is 0.0132. The number of unbranched alkanes of at least 4 members (excludes halogenated alkanes) is 12. The molecule has 5 heteroatoms. The van der Waals surface area contributed by atoms with Gasteiger partial charge in [0.2, 0.25) is 0 Å². The van der Waals surface area contributed by atoms with Gasteiger partial charge in [-0.3, -0.25) is 9.59 Å². The molecule has 0 aromatic heterocycles. The molecular weight excluding hydrogens is 594 g/mol. The molecule has 0 saturated heterocycles. The summed E-state index contributed by atoms with van der Waals surface area (Å²) in [6, 6.07) is 0. The molecule has 5 nitrogen and oxygen atoms in total. The van der Waals surface area contributed by atoms with Gasteiger partial charge in [0.1, 0.15) is 0 Å². The standard InChI is InChI=1S/C43H77NO4/c1-7-10-19-26-39(4)34-37-47-42(45)31-24-17-13-15-22-29-40(33-36-44(5)6)30-23-16-14-18-25-32-43(46)48-38-35-41(27-20-11-8-2)28-21-12-9-3/h27,39-41H,2,7,9-10,12-19,21-26,28-38H2,1,3-6H3. The third kappa shape index (κ3) is 32.5.